The largest absolute Gasteiger partial charge is 0.394 e. The monoisotopic (exact) mass is 269 g/mol. The zero-order chi connectivity index (χ0) is 14.6. The summed E-state index contributed by atoms with van der Waals surface area (Å²) in [5, 5.41) is 21.2. The molecule has 1 aromatic rings. The minimum absolute atomic E-state index is 0.184. The number of aromatic nitrogens is 2. The topological polar surface area (TPSA) is 116 Å². The highest BCUT2D eigenvalue weighted by Gasteiger charge is 2.21. The highest BCUT2D eigenvalue weighted by molar-refractivity contribution is 5.57. The minimum atomic E-state index is -0.466. The summed E-state index contributed by atoms with van der Waals surface area (Å²) < 4.78 is 0. The Morgan fingerprint density at radius 2 is 1.68 bits per heavy atom. The zero-order valence-corrected chi connectivity index (χ0v) is 11.9. The van der Waals surface area contributed by atoms with E-state index in [4.69, 9.17) is 16.1 Å². The molecule has 0 spiro atoms. The van der Waals surface area contributed by atoms with Crippen molar-refractivity contribution in [3.05, 3.63) is 11.4 Å². The smallest absolute Gasteiger partial charge is 0.148 e. The number of nitrogens with one attached hydrogen (secondary N) is 2. The molecule has 19 heavy (non-hydrogen) atoms. The summed E-state index contributed by atoms with van der Waals surface area (Å²) in [4.78, 5) is 8.82. The quantitative estimate of drug-likeness (QED) is 0.381. The molecule has 0 aliphatic rings. The van der Waals surface area contributed by atoms with E-state index in [0.29, 0.717) is 17.5 Å². The number of hydrazine groups is 1. The first-order chi connectivity index (χ1) is 8.83. The molecule has 0 amide bonds. The lowest BCUT2D eigenvalue weighted by Crippen LogP contribution is -2.30. The lowest BCUT2D eigenvalue weighted by molar-refractivity contribution is 0.203. The van der Waals surface area contributed by atoms with E-state index < -0.39 is 6.04 Å². The number of rotatable bonds is 5. The van der Waals surface area contributed by atoms with E-state index in [-0.39, 0.29) is 18.6 Å². The first-order valence-corrected chi connectivity index (χ1v) is 6.17. The van der Waals surface area contributed by atoms with Gasteiger partial charge in [0.15, 0.2) is 0 Å². The summed E-state index contributed by atoms with van der Waals surface area (Å²) in [6.45, 7) is 7.44. The van der Waals surface area contributed by atoms with Crippen LogP contribution in [0.2, 0.25) is 0 Å². The fourth-order valence-corrected chi connectivity index (χ4v) is 1.48. The van der Waals surface area contributed by atoms with E-state index in [1.807, 2.05) is 27.7 Å². The van der Waals surface area contributed by atoms with Crippen molar-refractivity contribution in [1.82, 2.24) is 9.97 Å². The number of nitrogens with zero attached hydrogens (tertiary/aromatic N) is 2. The summed E-state index contributed by atoms with van der Waals surface area (Å²) in [6.07, 6.45) is 0. The fourth-order valence-electron chi connectivity index (χ4n) is 1.48. The van der Waals surface area contributed by atoms with E-state index >= 15 is 0 Å². The summed E-state index contributed by atoms with van der Waals surface area (Å²) in [5.74, 6) is 7.17. The summed E-state index contributed by atoms with van der Waals surface area (Å²) in [6, 6.07) is -0.466. The van der Waals surface area contributed by atoms with Crippen LogP contribution in [0.5, 0.6) is 0 Å². The predicted octanol–water partition coefficient (Wildman–Crippen LogP) is 0.133. The number of nitrogens with two attached hydrogens (primary N) is 1. The molecule has 1 rings (SSSR count). The molecule has 0 aromatic carbocycles. The lowest BCUT2D eigenvalue weighted by Gasteiger charge is -2.22. The third kappa shape index (κ3) is 3.76. The van der Waals surface area contributed by atoms with Gasteiger partial charge in [-0.05, 0) is 6.92 Å². The molecular weight excluding hydrogens is 246 g/mol. The van der Waals surface area contributed by atoms with Gasteiger partial charge in [0.25, 0.3) is 0 Å². The second kappa shape index (κ2) is 6.14. The Bertz CT molecular complexity index is 427. The minimum Gasteiger partial charge on any atom is -0.394 e. The molecular formula is C12H23N5O2. The predicted molar refractivity (Wildman–Crippen MR) is 74.9 cm³/mol. The summed E-state index contributed by atoms with van der Waals surface area (Å²) >= 11 is 0. The van der Waals surface area contributed by atoms with Crippen LogP contribution in [0, 0.1) is 6.92 Å². The maximum absolute atomic E-state index is 9.13. The molecule has 0 fully saturated rings. The van der Waals surface area contributed by atoms with Gasteiger partial charge in [-0.1, -0.05) is 20.8 Å². The van der Waals surface area contributed by atoms with Gasteiger partial charge in [-0.2, -0.15) is 0 Å². The van der Waals surface area contributed by atoms with Gasteiger partial charge in [-0.25, -0.2) is 15.8 Å². The van der Waals surface area contributed by atoms with Crippen LogP contribution < -0.4 is 16.6 Å². The molecule has 6 N–H and O–H groups in total. The Labute approximate surface area is 113 Å². The van der Waals surface area contributed by atoms with Crippen LogP contribution in [-0.4, -0.2) is 39.4 Å². The second-order valence-corrected chi connectivity index (χ2v) is 5.47. The molecule has 0 bridgehead atoms. The molecule has 1 heterocycles. The van der Waals surface area contributed by atoms with Crippen molar-refractivity contribution in [3.8, 4) is 0 Å². The van der Waals surface area contributed by atoms with Crippen LogP contribution in [0.4, 0.5) is 11.6 Å². The molecule has 0 radical (unpaired) electrons. The number of hydrogen-bond acceptors (Lipinski definition) is 7. The Hall–Kier alpha value is -1.44. The van der Waals surface area contributed by atoms with Crippen LogP contribution in [0.1, 0.15) is 32.2 Å². The van der Waals surface area contributed by atoms with Crippen molar-refractivity contribution in [2.75, 3.05) is 24.0 Å². The maximum Gasteiger partial charge on any atom is 0.148 e. The third-order valence-corrected chi connectivity index (χ3v) is 2.73. The van der Waals surface area contributed by atoms with Gasteiger partial charge >= 0.3 is 0 Å². The molecule has 0 unspecified atom stereocenters. The van der Waals surface area contributed by atoms with Gasteiger partial charge in [-0.15, -0.1) is 0 Å². The molecule has 7 heteroatoms. The Morgan fingerprint density at radius 3 is 2.11 bits per heavy atom. The Balaban J connectivity index is 3.22. The van der Waals surface area contributed by atoms with Crippen LogP contribution >= 0.6 is 0 Å². The molecule has 108 valence electrons. The molecule has 0 aliphatic heterocycles. The maximum atomic E-state index is 9.13. The molecule has 7 nitrogen and oxygen atoms in total. The van der Waals surface area contributed by atoms with Crippen molar-refractivity contribution in [3.63, 3.8) is 0 Å². The molecule has 1 aromatic heterocycles. The number of aliphatic hydroxyl groups excluding tert-OH is 2. The summed E-state index contributed by atoms with van der Waals surface area (Å²) in [7, 11) is 0. The average Bonchev–Trinajstić information content (AvgIpc) is 2.36. The van der Waals surface area contributed by atoms with E-state index in [0.717, 1.165) is 5.56 Å². The van der Waals surface area contributed by atoms with Gasteiger partial charge in [0.05, 0.1) is 19.3 Å². The Kier molecular flexibility index (Phi) is 5.04. The van der Waals surface area contributed by atoms with Crippen molar-refractivity contribution in [2.24, 2.45) is 5.84 Å². The second-order valence-electron chi connectivity index (χ2n) is 5.47. The van der Waals surface area contributed by atoms with Crippen LogP contribution in [-0.2, 0) is 5.41 Å². The van der Waals surface area contributed by atoms with E-state index in [2.05, 4.69) is 20.7 Å². The van der Waals surface area contributed by atoms with Crippen molar-refractivity contribution in [2.45, 2.75) is 39.2 Å². The van der Waals surface area contributed by atoms with Gasteiger partial charge in [0.1, 0.15) is 17.5 Å². The highest BCUT2D eigenvalue weighted by Crippen LogP contribution is 2.26. The third-order valence-electron chi connectivity index (χ3n) is 2.73. The van der Waals surface area contributed by atoms with E-state index in [9.17, 15) is 0 Å². The van der Waals surface area contributed by atoms with Gasteiger partial charge in [0, 0.05) is 11.0 Å². The van der Waals surface area contributed by atoms with Crippen molar-refractivity contribution < 1.29 is 10.2 Å². The molecule has 0 atom stereocenters. The normalized spacial score (nSPS) is 11.8. The first kappa shape index (κ1) is 15.6. The van der Waals surface area contributed by atoms with Gasteiger partial charge < -0.3 is 21.0 Å². The Morgan fingerprint density at radius 1 is 1.16 bits per heavy atom. The van der Waals surface area contributed by atoms with E-state index in [1.54, 1.807) is 0 Å². The number of hydrogen-bond donors (Lipinski definition) is 5. The molecule has 0 saturated heterocycles. The molecule has 0 aliphatic carbocycles. The van der Waals surface area contributed by atoms with Crippen LogP contribution in [0.3, 0.4) is 0 Å². The number of aliphatic hydroxyl groups is 2. The van der Waals surface area contributed by atoms with Gasteiger partial charge in [0.2, 0.25) is 0 Å². The standard InChI is InChI=1S/C12H23N5O2/c1-7-9(14-8(5-18)6-19)15-11(12(2,3)4)16-10(7)17-13/h8,18-19H,5-6,13H2,1-4H3,(H2,14,15,16,17). The molecule has 0 saturated carbocycles. The first-order valence-electron chi connectivity index (χ1n) is 6.17. The van der Waals surface area contributed by atoms with E-state index in [1.165, 1.54) is 0 Å². The van der Waals surface area contributed by atoms with Crippen molar-refractivity contribution in [1.29, 1.82) is 0 Å². The average molecular weight is 269 g/mol. The fraction of sp³-hybridized carbons (Fsp3) is 0.667. The SMILES string of the molecule is Cc1c(NN)nc(C(C)(C)C)nc1NC(CO)CO. The number of anilines is 2. The lowest BCUT2D eigenvalue weighted by atomic mass is 9.95. The van der Waals surface area contributed by atoms with Crippen LogP contribution in [0.25, 0.3) is 0 Å². The highest BCUT2D eigenvalue weighted by atomic mass is 16.3. The van der Waals surface area contributed by atoms with Gasteiger partial charge in [-0.3, -0.25) is 0 Å². The van der Waals surface area contributed by atoms with Crippen molar-refractivity contribution >= 4 is 11.6 Å². The zero-order valence-electron chi connectivity index (χ0n) is 11.9. The summed E-state index contributed by atoms with van der Waals surface area (Å²) in [5.41, 5.74) is 3.05. The number of nitrogen functional groups attached to an aromatic ring is 1. The van der Waals surface area contributed by atoms with Crippen LogP contribution in [0.15, 0.2) is 0 Å².